The van der Waals surface area contributed by atoms with Crippen molar-refractivity contribution in [1.82, 2.24) is 0 Å². The third kappa shape index (κ3) is 3.24. The van der Waals surface area contributed by atoms with Gasteiger partial charge in [0.25, 0.3) is 0 Å². The van der Waals surface area contributed by atoms with Gasteiger partial charge in [-0.1, -0.05) is 36.4 Å². The van der Waals surface area contributed by atoms with E-state index >= 15 is 0 Å². The van der Waals surface area contributed by atoms with Crippen molar-refractivity contribution in [2.75, 3.05) is 0 Å². The predicted molar refractivity (Wildman–Crippen MR) is 77.2 cm³/mol. The Hall–Kier alpha value is -1.52. The van der Waals surface area contributed by atoms with Gasteiger partial charge in [-0.25, -0.2) is 0 Å². The van der Waals surface area contributed by atoms with Crippen molar-refractivity contribution in [2.45, 2.75) is 12.5 Å². The second kappa shape index (κ2) is 6.42. The molecule has 0 aliphatic rings. The molecule has 0 amide bonds. The van der Waals surface area contributed by atoms with Crippen molar-refractivity contribution in [1.29, 1.82) is 0 Å². The highest BCUT2D eigenvalue weighted by Gasteiger charge is 2.12. The molecule has 2 rings (SSSR count). The number of rotatable bonds is 3. The van der Waals surface area contributed by atoms with Gasteiger partial charge in [0, 0.05) is 11.6 Å². The van der Waals surface area contributed by atoms with E-state index in [0.717, 1.165) is 5.56 Å². The third-order valence-corrected chi connectivity index (χ3v) is 2.77. The molecular formula is C14H16BrNO2. The van der Waals surface area contributed by atoms with Gasteiger partial charge in [-0.15, -0.1) is 17.0 Å². The van der Waals surface area contributed by atoms with Gasteiger partial charge >= 0.3 is 0 Å². The van der Waals surface area contributed by atoms with Gasteiger partial charge in [-0.2, -0.15) is 0 Å². The third-order valence-electron chi connectivity index (χ3n) is 2.77. The van der Waals surface area contributed by atoms with E-state index in [1.165, 1.54) is 0 Å². The van der Waals surface area contributed by atoms with Crippen LogP contribution in [0.25, 0.3) is 0 Å². The lowest BCUT2D eigenvalue weighted by Crippen LogP contribution is -2.13. The number of phenolic OH excluding ortho intramolecular Hbond substituents is 2. The van der Waals surface area contributed by atoms with Crippen LogP contribution in [-0.4, -0.2) is 10.2 Å². The Morgan fingerprint density at radius 1 is 0.889 bits per heavy atom. The van der Waals surface area contributed by atoms with E-state index in [2.05, 4.69) is 0 Å². The van der Waals surface area contributed by atoms with Gasteiger partial charge < -0.3 is 15.9 Å². The van der Waals surface area contributed by atoms with Crippen molar-refractivity contribution in [2.24, 2.45) is 5.73 Å². The van der Waals surface area contributed by atoms with Crippen LogP contribution in [0.2, 0.25) is 0 Å². The molecule has 0 heterocycles. The van der Waals surface area contributed by atoms with Gasteiger partial charge in [-0.05, 0) is 24.1 Å². The molecule has 0 radical (unpaired) electrons. The van der Waals surface area contributed by atoms with E-state index in [4.69, 9.17) is 5.73 Å². The lowest BCUT2D eigenvalue weighted by molar-refractivity contribution is 0.454. The van der Waals surface area contributed by atoms with Crippen molar-refractivity contribution in [3.8, 4) is 11.5 Å². The van der Waals surface area contributed by atoms with E-state index in [-0.39, 0.29) is 34.5 Å². The second-order valence-electron chi connectivity index (χ2n) is 4.00. The van der Waals surface area contributed by atoms with Crippen LogP contribution in [0.1, 0.15) is 17.2 Å². The second-order valence-corrected chi connectivity index (χ2v) is 4.00. The lowest BCUT2D eigenvalue weighted by atomic mass is 9.98. The van der Waals surface area contributed by atoms with Crippen LogP contribution in [0.15, 0.2) is 48.5 Å². The molecule has 0 aromatic heterocycles. The zero-order chi connectivity index (χ0) is 12.3. The molecule has 0 saturated heterocycles. The van der Waals surface area contributed by atoms with Crippen molar-refractivity contribution >= 4 is 17.0 Å². The normalized spacial score (nSPS) is 11.6. The molecule has 4 N–H and O–H groups in total. The number of hydrogen-bond acceptors (Lipinski definition) is 3. The number of benzene rings is 2. The largest absolute Gasteiger partial charge is 0.508 e. The van der Waals surface area contributed by atoms with E-state index < -0.39 is 0 Å². The van der Waals surface area contributed by atoms with Gasteiger partial charge in [0.2, 0.25) is 0 Å². The molecule has 1 atom stereocenters. The fourth-order valence-corrected chi connectivity index (χ4v) is 1.83. The molecule has 0 saturated carbocycles. The van der Waals surface area contributed by atoms with E-state index in [1.807, 2.05) is 18.2 Å². The minimum Gasteiger partial charge on any atom is -0.508 e. The van der Waals surface area contributed by atoms with Crippen molar-refractivity contribution in [3.63, 3.8) is 0 Å². The Labute approximate surface area is 117 Å². The molecule has 96 valence electrons. The van der Waals surface area contributed by atoms with Crippen LogP contribution < -0.4 is 5.73 Å². The summed E-state index contributed by atoms with van der Waals surface area (Å²) in [5, 5.41) is 19.3. The number of nitrogens with two attached hydrogens (primary N) is 1. The summed E-state index contributed by atoms with van der Waals surface area (Å²) >= 11 is 0. The molecular weight excluding hydrogens is 294 g/mol. The first-order valence-corrected chi connectivity index (χ1v) is 5.49. The Balaban J connectivity index is 0.00000162. The van der Waals surface area contributed by atoms with E-state index in [9.17, 15) is 10.2 Å². The predicted octanol–water partition coefficient (Wildman–Crippen LogP) is 2.92. The summed E-state index contributed by atoms with van der Waals surface area (Å²) in [5.41, 5.74) is 7.50. The van der Waals surface area contributed by atoms with Crippen molar-refractivity contribution < 1.29 is 10.2 Å². The average molecular weight is 310 g/mol. The molecule has 0 aliphatic heterocycles. The van der Waals surface area contributed by atoms with E-state index in [1.54, 1.807) is 30.3 Å². The standard InChI is InChI=1S/C14H15NO2.BrH/c15-12(11-6-2-4-8-14(11)17)9-10-5-1-3-7-13(10)16;/h1-8,12,16-17H,9,15H2;1H. The summed E-state index contributed by atoms with van der Waals surface area (Å²) in [7, 11) is 0. The molecule has 4 heteroatoms. The maximum Gasteiger partial charge on any atom is 0.120 e. The molecule has 18 heavy (non-hydrogen) atoms. The van der Waals surface area contributed by atoms with Gasteiger partial charge in [0.15, 0.2) is 0 Å². The van der Waals surface area contributed by atoms with Crippen LogP contribution in [0, 0.1) is 0 Å². The van der Waals surface area contributed by atoms with Gasteiger partial charge in [-0.3, -0.25) is 0 Å². The highest BCUT2D eigenvalue weighted by Crippen LogP contribution is 2.27. The summed E-state index contributed by atoms with van der Waals surface area (Å²) in [6, 6.07) is 13.7. The molecule has 0 fully saturated rings. The van der Waals surface area contributed by atoms with Crippen LogP contribution in [0.3, 0.4) is 0 Å². The smallest absolute Gasteiger partial charge is 0.120 e. The molecule has 3 nitrogen and oxygen atoms in total. The molecule has 1 unspecified atom stereocenters. The highest BCUT2D eigenvalue weighted by molar-refractivity contribution is 8.93. The number of phenols is 2. The highest BCUT2D eigenvalue weighted by atomic mass is 79.9. The first-order chi connectivity index (χ1) is 8.18. The average Bonchev–Trinajstić information content (AvgIpc) is 2.32. The first kappa shape index (κ1) is 14.5. The topological polar surface area (TPSA) is 66.5 Å². The fraction of sp³-hybridized carbons (Fsp3) is 0.143. The summed E-state index contributed by atoms with van der Waals surface area (Å²) < 4.78 is 0. The summed E-state index contributed by atoms with van der Waals surface area (Å²) in [6.45, 7) is 0. The SMILES string of the molecule is Br.NC(Cc1ccccc1O)c1ccccc1O. The molecule has 2 aromatic rings. The monoisotopic (exact) mass is 309 g/mol. The molecule has 2 aromatic carbocycles. The van der Waals surface area contributed by atoms with E-state index in [0.29, 0.717) is 12.0 Å². The Morgan fingerprint density at radius 2 is 1.44 bits per heavy atom. The van der Waals surface area contributed by atoms with Gasteiger partial charge in [0.05, 0.1) is 0 Å². The quantitative estimate of drug-likeness (QED) is 0.816. The summed E-state index contributed by atoms with van der Waals surface area (Å²) in [4.78, 5) is 0. The first-order valence-electron chi connectivity index (χ1n) is 5.49. The fourth-order valence-electron chi connectivity index (χ4n) is 1.83. The molecule has 0 bridgehead atoms. The summed E-state index contributed by atoms with van der Waals surface area (Å²) in [6.07, 6.45) is 0.490. The number of halogens is 1. The van der Waals surface area contributed by atoms with Crippen molar-refractivity contribution in [3.05, 3.63) is 59.7 Å². The Bertz CT molecular complexity index is 517. The lowest BCUT2D eigenvalue weighted by Gasteiger charge is -2.14. The zero-order valence-electron chi connectivity index (χ0n) is 9.78. The number of para-hydroxylation sites is 2. The minimum absolute atomic E-state index is 0. The number of aromatic hydroxyl groups is 2. The zero-order valence-corrected chi connectivity index (χ0v) is 11.5. The summed E-state index contributed by atoms with van der Waals surface area (Å²) in [5.74, 6) is 0.425. The Morgan fingerprint density at radius 3 is 2.06 bits per heavy atom. The van der Waals surface area contributed by atoms with Gasteiger partial charge in [0.1, 0.15) is 11.5 Å². The molecule has 0 aliphatic carbocycles. The molecule has 0 spiro atoms. The Kier molecular flexibility index (Phi) is 5.19. The van der Waals surface area contributed by atoms with Crippen LogP contribution in [-0.2, 0) is 6.42 Å². The minimum atomic E-state index is -0.329. The maximum absolute atomic E-state index is 9.69. The van der Waals surface area contributed by atoms with Crippen LogP contribution in [0.4, 0.5) is 0 Å². The van der Waals surface area contributed by atoms with Crippen LogP contribution in [0.5, 0.6) is 11.5 Å². The maximum atomic E-state index is 9.69. The number of hydrogen-bond donors (Lipinski definition) is 3. The van der Waals surface area contributed by atoms with Crippen LogP contribution >= 0.6 is 17.0 Å².